The lowest BCUT2D eigenvalue weighted by molar-refractivity contribution is 0.0746. The van der Waals surface area contributed by atoms with E-state index in [1.54, 1.807) is 23.5 Å². The third-order valence-electron chi connectivity index (χ3n) is 4.77. The van der Waals surface area contributed by atoms with Crippen molar-refractivity contribution < 1.29 is 9.59 Å². The summed E-state index contributed by atoms with van der Waals surface area (Å²) in [5.74, 6) is 0.0663. The summed E-state index contributed by atoms with van der Waals surface area (Å²) in [6.07, 6.45) is 2.64. The minimum atomic E-state index is 0.0663. The molecule has 27 heavy (non-hydrogen) atoms. The molecular formula is C21H19N3O2S. The zero-order valence-corrected chi connectivity index (χ0v) is 15.6. The van der Waals surface area contributed by atoms with Gasteiger partial charge in [-0.3, -0.25) is 9.59 Å². The lowest BCUT2D eigenvalue weighted by Crippen LogP contribution is -2.48. The number of carbonyl (C=O) groups excluding carboxylic acids is 2. The molecule has 0 N–H and O–H groups in total. The van der Waals surface area contributed by atoms with Gasteiger partial charge in [0, 0.05) is 48.9 Å². The van der Waals surface area contributed by atoms with E-state index < -0.39 is 0 Å². The van der Waals surface area contributed by atoms with E-state index in [9.17, 15) is 9.59 Å². The van der Waals surface area contributed by atoms with E-state index in [0.29, 0.717) is 24.2 Å². The standard InChI is InChI=1S/C21H19N3O2S/c25-15-16-1-3-17(4-2-16)18-5-7-19(8-6-18)20(26)23-10-12-24(13-11-23)21-22-9-14-27-21/h1-9,14-15H,10-13H2. The largest absolute Gasteiger partial charge is 0.345 e. The summed E-state index contributed by atoms with van der Waals surface area (Å²) in [6.45, 7) is 3.02. The lowest BCUT2D eigenvalue weighted by atomic mass is 10.0. The molecule has 1 fully saturated rings. The highest BCUT2D eigenvalue weighted by Crippen LogP contribution is 2.22. The summed E-state index contributed by atoms with van der Waals surface area (Å²) >= 11 is 1.63. The zero-order valence-electron chi connectivity index (χ0n) is 14.7. The minimum Gasteiger partial charge on any atom is -0.345 e. The topological polar surface area (TPSA) is 53.5 Å². The highest BCUT2D eigenvalue weighted by Gasteiger charge is 2.23. The lowest BCUT2D eigenvalue weighted by Gasteiger charge is -2.34. The highest BCUT2D eigenvalue weighted by atomic mass is 32.1. The van der Waals surface area contributed by atoms with Crippen molar-refractivity contribution in [1.82, 2.24) is 9.88 Å². The Labute approximate surface area is 161 Å². The maximum atomic E-state index is 12.8. The van der Waals surface area contributed by atoms with Gasteiger partial charge >= 0.3 is 0 Å². The molecule has 0 bridgehead atoms. The first-order chi connectivity index (χ1) is 13.2. The van der Waals surface area contributed by atoms with Crippen molar-refractivity contribution in [2.75, 3.05) is 31.1 Å². The van der Waals surface area contributed by atoms with Gasteiger partial charge in [-0.25, -0.2) is 4.98 Å². The molecule has 0 radical (unpaired) electrons. The first-order valence-electron chi connectivity index (χ1n) is 8.84. The van der Waals surface area contributed by atoms with Crippen molar-refractivity contribution in [1.29, 1.82) is 0 Å². The molecule has 1 aromatic heterocycles. The Morgan fingerprint density at radius 3 is 2.11 bits per heavy atom. The van der Waals surface area contributed by atoms with Crippen LogP contribution in [0, 0.1) is 0 Å². The van der Waals surface area contributed by atoms with Crippen LogP contribution < -0.4 is 4.90 Å². The van der Waals surface area contributed by atoms with Crippen LogP contribution >= 0.6 is 11.3 Å². The summed E-state index contributed by atoms with van der Waals surface area (Å²) in [4.78, 5) is 32.0. The number of hydrogen-bond donors (Lipinski definition) is 0. The molecule has 0 atom stereocenters. The molecule has 6 heteroatoms. The van der Waals surface area contributed by atoms with Crippen LogP contribution in [0.5, 0.6) is 0 Å². The number of anilines is 1. The van der Waals surface area contributed by atoms with Crippen LogP contribution in [-0.2, 0) is 0 Å². The van der Waals surface area contributed by atoms with Crippen LogP contribution in [0.4, 0.5) is 5.13 Å². The van der Waals surface area contributed by atoms with Crippen LogP contribution in [-0.4, -0.2) is 48.3 Å². The molecule has 4 rings (SSSR count). The molecule has 0 spiro atoms. The third kappa shape index (κ3) is 3.75. The quantitative estimate of drug-likeness (QED) is 0.652. The Kier molecular flexibility index (Phi) is 4.98. The summed E-state index contributed by atoms with van der Waals surface area (Å²) in [7, 11) is 0. The second-order valence-corrected chi connectivity index (χ2v) is 7.28. The van der Waals surface area contributed by atoms with Crippen molar-refractivity contribution in [3.63, 3.8) is 0 Å². The van der Waals surface area contributed by atoms with Crippen molar-refractivity contribution in [3.8, 4) is 11.1 Å². The van der Waals surface area contributed by atoms with Gasteiger partial charge in [0.15, 0.2) is 5.13 Å². The van der Waals surface area contributed by atoms with E-state index in [1.807, 2.05) is 52.9 Å². The molecular weight excluding hydrogens is 358 g/mol. The number of hydrogen-bond acceptors (Lipinski definition) is 5. The van der Waals surface area contributed by atoms with E-state index in [1.165, 1.54) is 0 Å². The van der Waals surface area contributed by atoms with Gasteiger partial charge < -0.3 is 9.80 Å². The summed E-state index contributed by atoms with van der Waals surface area (Å²) in [6, 6.07) is 15.1. The predicted molar refractivity (Wildman–Crippen MR) is 107 cm³/mol. The van der Waals surface area contributed by atoms with Gasteiger partial charge in [-0.1, -0.05) is 36.4 Å². The first-order valence-corrected chi connectivity index (χ1v) is 9.72. The SMILES string of the molecule is O=Cc1ccc(-c2ccc(C(=O)N3CCN(c4nccs4)CC3)cc2)cc1. The van der Waals surface area contributed by atoms with E-state index in [4.69, 9.17) is 0 Å². The number of thiazole rings is 1. The molecule has 5 nitrogen and oxygen atoms in total. The summed E-state index contributed by atoms with van der Waals surface area (Å²) in [5.41, 5.74) is 3.41. The van der Waals surface area contributed by atoms with Crippen molar-refractivity contribution in [2.45, 2.75) is 0 Å². The van der Waals surface area contributed by atoms with Gasteiger partial charge in [-0.15, -0.1) is 11.3 Å². The number of piperazine rings is 1. The van der Waals surface area contributed by atoms with E-state index in [0.717, 1.165) is 35.6 Å². The van der Waals surface area contributed by atoms with Gasteiger partial charge in [0.1, 0.15) is 6.29 Å². The molecule has 136 valence electrons. The van der Waals surface area contributed by atoms with Gasteiger partial charge in [-0.2, -0.15) is 0 Å². The average Bonchev–Trinajstić information content (AvgIpc) is 3.28. The number of nitrogens with zero attached hydrogens (tertiary/aromatic N) is 3. The smallest absolute Gasteiger partial charge is 0.253 e. The summed E-state index contributed by atoms with van der Waals surface area (Å²) < 4.78 is 0. The van der Waals surface area contributed by atoms with Gasteiger partial charge in [0.25, 0.3) is 5.91 Å². The van der Waals surface area contributed by atoms with Crippen molar-refractivity contribution >= 4 is 28.7 Å². The molecule has 2 aromatic carbocycles. The molecule has 1 aliphatic heterocycles. The minimum absolute atomic E-state index is 0.0663. The third-order valence-corrected chi connectivity index (χ3v) is 5.60. The average molecular weight is 377 g/mol. The Morgan fingerprint density at radius 2 is 1.56 bits per heavy atom. The van der Waals surface area contributed by atoms with Crippen LogP contribution in [0.1, 0.15) is 20.7 Å². The molecule has 0 unspecified atom stereocenters. The normalized spacial score (nSPS) is 14.2. The van der Waals surface area contributed by atoms with Crippen LogP contribution in [0.25, 0.3) is 11.1 Å². The number of amides is 1. The summed E-state index contributed by atoms with van der Waals surface area (Å²) in [5, 5.41) is 2.99. The van der Waals surface area contributed by atoms with Crippen LogP contribution in [0.3, 0.4) is 0 Å². The van der Waals surface area contributed by atoms with Crippen molar-refractivity contribution in [3.05, 3.63) is 71.2 Å². The molecule has 2 heterocycles. The number of benzene rings is 2. The van der Waals surface area contributed by atoms with E-state index in [-0.39, 0.29) is 5.91 Å². The number of rotatable bonds is 4. The number of aromatic nitrogens is 1. The monoisotopic (exact) mass is 377 g/mol. The second kappa shape index (κ2) is 7.72. The van der Waals surface area contributed by atoms with E-state index >= 15 is 0 Å². The molecule has 0 saturated carbocycles. The van der Waals surface area contributed by atoms with Gasteiger partial charge in [0.2, 0.25) is 0 Å². The molecule has 1 saturated heterocycles. The maximum absolute atomic E-state index is 12.8. The van der Waals surface area contributed by atoms with Crippen LogP contribution in [0.2, 0.25) is 0 Å². The maximum Gasteiger partial charge on any atom is 0.253 e. The van der Waals surface area contributed by atoms with Gasteiger partial charge in [0.05, 0.1) is 0 Å². The molecule has 1 aliphatic rings. The predicted octanol–water partition coefficient (Wildman–Crippen LogP) is 3.59. The van der Waals surface area contributed by atoms with Gasteiger partial charge in [-0.05, 0) is 23.3 Å². The molecule has 1 amide bonds. The Bertz CT molecular complexity index is 913. The zero-order chi connectivity index (χ0) is 18.6. The molecule has 0 aliphatic carbocycles. The number of carbonyl (C=O) groups is 2. The second-order valence-electron chi connectivity index (χ2n) is 6.41. The Balaban J connectivity index is 1.41. The van der Waals surface area contributed by atoms with Crippen LogP contribution in [0.15, 0.2) is 60.1 Å². The fourth-order valence-corrected chi connectivity index (χ4v) is 3.91. The fourth-order valence-electron chi connectivity index (χ4n) is 3.21. The fraction of sp³-hybridized carbons (Fsp3) is 0.190. The van der Waals surface area contributed by atoms with E-state index in [2.05, 4.69) is 9.88 Å². The number of aldehydes is 1. The Morgan fingerprint density at radius 1 is 0.926 bits per heavy atom. The highest BCUT2D eigenvalue weighted by molar-refractivity contribution is 7.13. The first kappa shape index (κ1) is 17.4. The Hall–Kier alpha value is -2.99. The molecule has 3 aromatic rings. The van der Waals surface area contributed by atoms with Crippen molar-refractivity contribution in [2.24, 2.45) is 0 Å².